The molecular weight excluding hydrogens is 396 g/mol. The summed E-state index contributed by atoms with van der Waals surface area (Å²) in [6.07, 6.45) is 12.5. The zero-order valence-corrected chi connectivity index (χ0v) is 16.7. The molecule has 0 radical (unpaired) electrons. The van der Waals surface area contributed by atoms with Crippen LogP contribution in [0, 0.1) is 0 Å². The van der Waals surface area contributed by atoms with Crippen molar-refractivity contribution in [2.45, 2.75) is 18.9 Å². The average Bonchev–Trinajstić information content (AvgIpc) is 3.26. The van der Waals surface area contributed by atoms with E-state index in [1.165, 1.54) is 6.20 Å². The molecule has 3 aromatic rings. The fraction of sp³-hybridized carbons (Fsp3) is 0.190. The fourth-order valence-electron chi connectivity index (χ4n) is 3.36. The predicted octanol–water partition coefficient (Wildman–Crippen LogP) is 1.64. The second-order valence-corrected chi connectivity index (χ2v) is 7.22. The summed E-state index contributed by atoms with van der Waals surface area (Å²) in [4.78, 5) is 29.0. The summed E-state index contributed by atoms with van der Waals surface area (Å²) in [5.74, 6) is 2.90. The number of allylic oxidation sites excluding steroid dienone is 2. The average molecular weight is 416 g/mol. The van der Waals surface area contributed by atoms with Crippen LogP contribution in [0.25, 0.3) is 5.65 Å². The summed E-state index contributed by atoms with van der Waals surface area (Å²) in [5.41, 5.74) is 1.63. The van der Waals surface area contributed by atoms with Crippen LogP contribution in [0.3, 0.4) is 0 Å². The summed E-state index contributed by atoms with van der Waals surface area (Å²) < 4.78 is 3.34. The van der Waals surface area contributed by atoms with Gasteiger partial charge in [0.2, 0.25) is 0 Å². The van der Waals surface area contributed by atoms with Gasteiger partial charge in [-0.3, -0.25) is 9.47 Å². The molecule has 0 bridgehead atoms. The Kier molecular flexibility index (Phi) is 4.53. The monoisotopic (exact) mass is 416 g/mol. The van der Waals surface area contributed by atoms with Gasteiger partial charge in [0.05, 0.1) is 11.9 Å². The quantitative estimate of drug-likeness (QED) is 0.524. The van der Waals surface area contributed by atoms with E-state index in [1.54, 1.807) is 39.6 Å². The van der Waals surface area contributed by atoms with Crippen molar-refractivity contribution in [3.05, 3.63) is 72.1 Å². The van der Waals surface area contributed by atoms with Crippen molar-refractivity contribution in [1.82, 2.24) is 24.6 Å². The first kappa shape index (κ1) is 18.7. The summed E-state index contributed by atoms with van der Waals surface area (Å²) in [6, 6.07) is 5.71. The minimum atomic E-state index is -0.198. The molecule has 4 heterocycles. The first-order valence-electron chi connectivity index (χ1n) is 9.89. The van der Waals surface area contributed by atoms with E-state index < -0.39 is 0 Å². The number of nitrogens with one attached hydrogen (secondary N) is 3. The Morgan fingerprint density at radius 1 is 1.26 bits per heavy atom. The summed E-state index contributed by atoms with van der Waals surface area (Å²) in [5, 5.41) is 15.2. The highest BCUT2D eigenvalue weighted by Gasteiger charge is 2.26. The molecule has 10 heteroatoms. The molecule has 0 unspecified atom stereocenters. The van der Waals surface area contributed by atoms with E-state index >= 15 is 0 Å². The standard InChI is InChI=1S/C21H20N8O2/c1-22-19-11-18(26-20-15(12-23-29(19)20)21(31)24-14-6-7-14)25-16-5-4-10-28(17(16)13-30)27-8-2-3-9-27/h2-5,8-12,14,22H,6-7H2,1H3,(H,24,31)(H,25,26). The van der Waals surface area contributed by atoms with Gasteiger partial charge in [0, 0.05) is 37.7 Å². The number of fused-ring (bicyclic) bond motifs is 1. The number of anilines is 2. The highest BCUT2D eigenvalue weighted by molar-refractivity contribution is 6.00. The van der Waals surface area contributed by atoms with Gasteiger partial charge in [0.1, 0.15) is 17.2 Å². The van der Waals surface area contributed by atoms with E-state index in [9.17, 15) is 9.59 Å². The van der Waals surface area contributed by atoms with Crippen molar-refractivity contribution < 1.29 is 9.59 Å². The molecule has 1 saturated carbocycles. The number of rotatable bonds is 6. The SMILES string of the molecule is CNc1cc(NC2=CC=CN(n3cccc3)C2=C=O)nc2c(C(=O)NC3CC3)cnn12. The predicted molar refractivity (Wildman–Crippen MR) is 116 cm³/mol. The van der Waals surface area contributed by atoms with Gasteiger partial charge in [0.15, 0.2) is 17.3 Å². The lowest BCUT2D eigenvalue weighted by Crippen LogP contribution is -2.31. The van der Waals surface area contributed by atoms with Crippen LogP contribution in [0.5, 0.6) is 0 Å². The van der Waals surface area contributed by atoms with Crippen LogP contribution in [0.2, 0.25) is 0 Å². The van der Waals surface area contributed by atoms with Crippen LogP contribution in [0.4, 0.5) is 11.6 Å². The number of hydrogen-bond acceptors (Lipinski definition) is 7. The van der Waals surface area contributed by atoms with Crippen molar-refractivity contribution in [3.8, 4) is 0 Å². The topological polar surface area (TPSA) is 109 Å². The molecule has 31 heavy (non-hydrogen) atoms. The fourth-order valence-corrected chi connectivity index (χ4v) is 3.36. The van der Waals surface area contributed by atoms with E-state index in [4.69, 9.17) is 0 Å². The lowest BCUT2D eigenvalue weighted by molar-refractivity contribution is 0.0952. The van der Waals surface area contributed by atoms with Gasteiger partial charge in [-0.05, 0) is 37.1 Å². The maximum atomic E-state index is 12.6. The van der Waals surface area contributed by atoms with Gasteiger partial charge >= 0.3 is 0 Å². The third-order valence-electron chi connectivity index (χ3n) is 5.06. The van der Waals surface area contributed by atoms with E-state index in [-0.39, 0.29) is 11.9 Å². The van der Waals surface area contributed by atoms with Crippen molar-refractivity contribution >= 4 is 29.1 Å². The van der Waals surface area contributed by atoms with Crippen LogP contribution in [0.1, 0.15) is 23.2 Å². The minimum absolute atomic E-state index is 0.198. The van der Waals surface area contributed by atoms with Gasteiger partial charge in [-0.25, -0.2) is 14.8 Å². The van der Waals surface area contributed by atoms with E-state index in [1.807, 2.05) is 36.5 Å². The molecule has 5 rings (SSSR count). The Morgan fingerprint density at radius 2 is 2.06 bits per heavy atom. The minimum Gasteiger partial charge on any atom is -0.373 e. The Balaban J connectivity index is 1.49. The molecule has 0 spiro atoms. The molecule has 1 aliphatic carbocycles. The van der Waals surface area contributed by atoms with E-state index in [0.717, 1.165) is 12.8 Å². The Bertz CT molecular complexity index is 1260. The summed E-state index contributed by atoms with van der Waals surface area (Å²) >= 11 is 0. The highest BCUT2D eigenvalue weighted by atomic mass is 16.1. The van der Waals surface area contributed by atoms with Crippen molar-refractivity contribution in [2.24, 2.45) is 0 Å². The summed E-state index contributed by atoms with van der Waals surface area (Å²) in [6.45, 7) is 0. The van der Waals surface area contributed by atoms with Crippen LogP contribution in [0.15, 0.2) is 66.5 Å². The second-order valence-electron chi connectivity index (χ2n) is 7.22. The van der Waals surface area contributed by atoms with E-state index in [2.05, 4.69) is 26.0 Å². The molecule has 0 atom stereocenters. The van der Waals surface area contributed by atoms with Crippen LogP contribution < -0.4 is 21.0 Å². The molecule has 0 aromatic carbocycles. The first-order chi connectivity index (χ1) is 15.2. The number of carbonyl (C=O) groups excluding carboxylic acids is 2. The molecule has 3 aromatic heterocycles. The molecular formula is C21H20N8O2. The number of hydrogen-bond donors (Lipinski definition) is 3. The van der Waals surface area contributed by atoms with Crippen molar-refractivity contribution in [3.63, 3.8) is 0 Å². The molecule has 3 N–H and O–H groups in total. The molecule has 156 valence electrons. The molecule has 2 aliphatic rings. The number of nitrogens with zero attached hydrogens (tertiary/aromatic N) is 5. The highest BCUT2D eigenvalue weighted by Crippen LogP contribution is 2.24. The van der Waals surface area contributed by atoms with Crippen molar-refractivity contribution in [2.75, 3.05) is 22.7 Å². The Hall–Kier alpha value is -4.30. The Labute approximate surface area is 177 Å². The molecule has 10 nitrogen and oxygen atoms in total. The van der Waals surface area contributed by atoms with Crippen LogP contribution >= 0.6 is 0 Å². The normalized spacial score (nSPS) is 15.6. The number of carbonyl (C=O) groups is 1. The first-order valence-corrected chi connectivity index (χ1v) is 9.89. The van der Waals surface area contributed by atoms with Crippen LogP contribution in [-0.4, -0.2) is 44.2 Å². The lowest BCUT2D eigenvalue weighted by Gasteiger charge is -2.26. The maximum absolute atomic E-state index is 12.6. The van der Waals surface area contributed by atoms with Crippen LogP contribution in [-0.2, 0) is 4.79 Å². The zero-order valence-electron chi connectivity index (χ0n) is 16.7. The smallest absolute Gasteiger partial charge is 0.256 e. The molecule has 0 saturated heterocycles. The maximum Gasteiger partial charge on any atom is 0.256 e. The second kappa shape index (κ2) is 7.51. The third kappa shape index (κ3) is 3.45. The van der Waals surface area contributed by atoms with Gasteiger partial charge in [-0.15, -0.1) is 0 Å². The van der Waals surface area contributed by atoms with Gasteiger partial charge < -0.3 is 16.0 Å². The molecule has 1 fully saturated rings. The number of amides is 1. The zero-order chi connectivity index (χ0) is 21.4. The van der Waals surface area contributed by atoms with Gasteiger partial charge in [-0.2, -0.15) is 9.61 Å². The molecule has 1 amide bonds. The Morgan fingerprint density at radius 3 is 2.77 bits per heavy atom. The third-order valence-corrected chi connectivity index (χ3v) is 5.06. The summed E-state index contributed by atoms with van der Waals surface area (Å²) in [7, 11) is 1.76. The molecule has 1 aliphatic heterocycles. The number of aromatic nitrogens is 4. The van der Waals surface area contributed by atoms with E-state index in [0.29, 0.717) is 34.2 Å². The van der Waals surface area contributed by atoms with Crippen molar-refractivity contribution in [1.29, 1.82) is 0 Å². The lowest BCUT2D eigenvalue weighted by atomic mass is 10.2. The largest absolute Gasteiger partial charge is 0.373 e. The van der Waals surface area contributed by atoms with Gasteiger partial charge in [0.25, 0.3) is 5.91 Å². The van der Waals surface area contributed by atoms with Gasteiger partial charge in [-0.1, -0.05) is 0 Å².